The standard InChI is InChI=1S/C10H16N4O3.C8H11NO3/c1-3-8-6-14(13-12-8)7-11-9(15)4-5-10(16)17-2;1-3-6-9-7(10)4-5-8(11)12-2/h6H,3-5,7H2,1-2H3,(H,11,15);1H,4-6H2,2H3,(H,9,10)/i1D;. The van der Waals surface area contributed by atoms with Crippen molar-refractivity contribution in [1.29, 1.82) is 0 Å². The number of rotatable bonds is 10. The highest BCUT2D eigenvalue weighted by atomic mass is 16.5. The largest absolute Gasteiger partial charge is 0.469 e. The molecular weight excluding hydrogens is 382 g/mol. The maximum Gasteiger partial charge on any atom is 0.306 e. The van der Waals surface area contributed by atoms with Crippen molar-refractivity contribution >= 4 is 23.8 Å². The highest BCUT2D eigenvalue weighted by molar-refractivity contribution is 5.81. The van der Waals surface area contributed by atoms with Crippen LogP contribution in [0.25, 0.3) is 0 Å². The summed E-state index contributed by atoms with van der Waals surface area (Å²) in [4.78, 5) is 43.5. The van der Waals surface area contributed by atoms with Gasteiger partial charge >= 0.3 is 11.9 Å². The number of amides is 2. The Morgan fingerprint density at radius 3 is 2.21 bits per heavy atom. The third kappa shape index (κ3) is 13.4. The van der Waals surface area contributed by atoms with E-state index in [9.17, 15) is 19.2 Å². The molecule has 0 saturated carbocycles. The predicted molar refractivity (Wildman–Crippen MR) is 102 cm³/mol. The Labute approximate surface area is 170 Å². The molecule has 0 bridgehead atoms. The number of ether oxygens (including phenoxy) is 2. The van der Waals surface area contributed by atoms with Crippen LogP contribution < -0.4 is 10.6 Å². The summed E-state index contributed by atoms with van der Waals surface area (Å²) in [6.07, 6.45) is 7.47. The van der Waals surface area contributed by atoms with Crippen LogP contribution in [-0.4, -0.2) is 59.5 Å². The van der Waals surface area contributed by atoms with Gasteiger partial charge in [-0.1, -0.05) is 18.0 Å². The summed E-state index contributed by atoms with van der Waals surface area (Å²) in [7, 11) is 2.56. The predicted octanol–water partition coefficient (Wildman–Crippen LogP) is -0.444. The Balaban J connectivity index is 0.000000612. The van der Waals surface area contributed by atoms with Crippen LogP contribution in [0.2, 0.25) is 0 Å². The number of esters is 2. The molecule has 160 valence electrons. The van der Waals surface area contributed by atoms with Gasteiger partial charge in [-0.2, -0.15) is 0 Å². The number of nitrogens with zero attached hydrogens (tertiary/aromatic N) is 3. The van der Waals surface area contributed by atoms with Crippen molar-refractivity contribution in [1.82, 2.24) is 25.6 Å². The molecule has 0 aliphatic rings. The highest BCUT2D eigenvalue weighted by Crippen LogP contribution is 1.94. The van der Waals surface area contributed by atoms with Crippen molar-refractivity contribution in [2.45, 2.75) is 45.7 Å². The van der Waals surface area contributed by atoms with Gasteiger partial charge in [-0.3, -0.25) is 19.2 Å². The van der Waals surface area contributed by atoms with Gasteiger partial charge in [0, 0.05) is 14.2 Å². The number of carbonyl (C=O) groups is 4. The van der Waals surface area contributed by atoms with Crippen molar-refractivity contribution < 1.29 is 30.0 Å². The first kappa shape index (κ1) is 23.6. The summed E-state index contributed by atoms with van der Waals surface area (Å²) in [5, 5.41) is 12.7. The molecule has 0 aliphatic carbocycles. The van der Waals surface area contributed by atoms with E-state index in [0.717, 1.165) is 0 Å². The molecule has 2 N–H and O–H groups in total. The minimum Gasteiger partial charge on any atom is -0.469 e. The fourth-order valence-electron chi connectivity index (χ4n) is 1.66. The van der Waals surface area contributed by atoms with Gasteiger partial charge in [0.15, 0.2) is 0 Å². The van der Waals surface area contributed by atoms with Crippen LogP contribution in [-0.2, 0) is 41.7 Å². The average Bonchev–Trinajstić information content (AvgIpc) is 3.20. The second-order valence-electron chi connectivity index (χ2n) is 5.39. The highest BCUT2D eigenvalue weighted by Gasteiger charge is 2.07. The number of terminal acetylenes is 1. The van der Waals surface area contributed by atoms with Crippen molar-refractivity contribution in [2.24, 2.45) is 0 Å². The summed E-state index contributed by atoms with van der Waals surface area (Å²) in [6, 6.07) is 0. The fourth-order valence-corrected chi connectivity index (χ4v) is 1.66. The molecule has 0 saturated heterocycles. The van der Waals surface area contributed by atoms with Gasteiger partial charge in [0.25, 0.3) is 0 Å². The van der Waals surface area contributed by atoms with Crippen molar-refractivity contribution in [2.75, 3.05) is 20.8 Å². The Kier molecular flexibility index (Phi) is 12.7. The Morgan fingerprint density at radius 2 is 1.69 bits per heavy atom. The lowest BCUT2D eigenvalue weighted by atomic mass is 10.3. The summed E-state index contributed by atoms with van der Waals surface area (Å²) >= 11 is 0. The summed E-state index contributed by atoms with van der Waals surface area (Å²) < 4.78 is 17.3. The first-order chi connectivity index (χ1) is 14.4. The van der Waals surface area contributed by atoms with E-state index in [1.807, 2.05) is 0 Å². The molecule has 0 atom stereocenters. The van der Waals surface area contributed by atoms with Crippen LogP contribution in [0.4, 0.5) is 0 Å². The monoisotopic (exact) mass is 410 g/mol. The number of nitrogens with one attached hydrogen (secondary N) is 2. The number of aryl methyl sites for hydroxylation is 1. The molecule has 11 heteroatoms. The zero-order valence-electron chi connectivity index (χ0n) is 17.6. The molecule has 0 spiro atoms. The van der Waals surface area contributed by atoms with E-state index in [1.54, 1.807) is 6.20 Å². The summed E-state index contributed by atoms with van der Waals surface area (Å²) in [5.74, 6) is 0.952. The maximum absolute atomic E-state index is 11.4. The van der Waals surface area contributed by atoms with E-state index in [-0.39, 0.29) is 57.6 Å². The molecule has 0 unspecified atom stereocenters. The molecule has 0 fully saturated rings. The SMILES string of the molecule is C#CCNC(=O)CCC(=O)OC.[2H]CCc1cn(CNC(=O)CCC(=O)OC)nn1. The van der Waals surface area contributed by atoms with E-state index < -0.39 is 11.9 Å². The van der Waals surface area contributed by atoms with E-state index in [2.05, 4.69) is 36.3 Å². The molecule has 11 nitrogen and oxygen atoms in total. The van der Waals surface area contributed by atoms with Gasteiger partial charge in [-0.05, 0) is 6.42 Å². The van der Waals surface area contributed by atoms with Gasteiger partial charge in [-0.15, -0.1) is 11.5 Å². The molecular formula is C18H27N5O6. The van der Waals surface area contributed by atoms with Crippen LogP contribution in [0, 0.1) is 12.3 Å². The van der Waals surface area contributed by atoms with Crippen molar-refractivity contribution in [3.63, 3.8) is 0 Å². The second-order valence-corrected chi connectivity index (χ2v) is 5.39. The van der Waals surface area contributed by atoms with E-state index in [0.29, 0.717) is 12.1 Å². The Hall–Kier alpha value is -3.42. The van der Waals surface area contributed by atoms with Crippen molar-refractivity contribution in [3.05, 3.63) is 11.9 Å². The lowest BCUT2D eigenvalue weighted by Crippen LogP contribution is -2.26. The van der Waals surface area contributed by atoms with Crippen LogP contribution in [0.1, 0.15) is 39.6 Å². The number of carbonyl (C=O) groups excluding carboxylic acids is 4. The minimum atomic E-state index is -0.413. The van der Waals surface area contributed by atoms with Crippen LogP contribution >= 0.6 is 0 Å². The topological polar surface area (TPSA) is 142 Å². The molecule has 0 radical (unpaired) electrons. The summed E-state index contributed by atoms with van der Waals surface area (Å²) in [6.45, 7) is 0.648. The third-order valence-electron chi connectivity index (χ3n) is 3.24. The molecule has 0 aliphatic heterocycles. The number of aromatic nitrogens is 3. The van der Waals surface area contributed by atoms with Gasteiger partial charge in [0.2, 0.25) is 11.8 Å². The van der Waals surface area contributed by atoms with Gasteiger partial charge in [-0.25, -0.2) is 4.68 Å². The number of methoxy groups -OCH3 is 2. The molecule has 1 aromatic rings. The van der Waals surface area contributed by atoms with Gasteiger partial charge < -0.3 is 20.1 Å². The van der Waals surface area contributed by atoms with Crippen LogP contribution in [0.3, 0.4) is 0 Å². The van der Waals surface area contributed by atoms with Gasteiger partial charge in [0.1, 0.15) is 6.67 Å². The van der Waals surface area contributed by atoms with Crippen molar-refractivity contribution in [3.8, 4) is 12.3 Å². The van der Waals surface area contributed by atoms with E-state index in [4.69, 9.17) is 7.79 Å². The third-order valence-corrected chi connectivity index (χ3v) is 3.24. The lowest BCUT2D eigenvalue weighted by Gasteiger charge is -2.03. The maximum atomic E-state index is 11.4. The lowest BCUT2D eigenvalue weighted by molar-refractivity contribution is -0.142. The molecule has 0 aromatic carbocycles. The van der Waals surface area contributed by atoms with Crippen LogP contribution in [0.5, 0.6) is 0 Å². The van der Waals surface area contributed by atoms with E-state index >= 15 is 0 Å². The van der Waals surface area contributed by atoms with Crippen LogP contribution in [0.15, 0.2) is 6.20 Å². The zero-order chi connectivity index (χ0) is 22.8. The first-order valence-corrected chi connectivity index (χ1v) is 8.65. The normalized spacial score (nSPS) is 9.76. The van der Waals surface area contributed by atoms with E-state index in [1.165, 1.54) is 18.9 Å². The zero-order valence-corrected chi connectivity index (χ0v) is 16.6. The average molecular weight is 410 g/mol. The molecule has 1 heterocycles. The smallest absolute Gasteiger partial charge is 0.306 e. The Morgan fingerprint density at radius 1 is 1.10 bits per heavy atom. The number of hydrogen-bond donors (Lipinski definition) is 2. The molecule has 1 aromatic heterocycles. The fraction of sp³-hybridized carbons (Fsp3) is 0.556. The molecule has 2 amide bonds. The molecule has 1 rings (SSSR count). The minimum absolute atomic E-state index is 0.0593. The number of hydrogen-bond acceptors (Lipinski definition) is 8. The second kappa shape index (κ2) is 15.6. The Bertz CT molecular complexity index is 731. The molecule has 29 heavy (non-hydrogen) atoms. The quantitative estimate of drug-likeness (QED) is 0.390. The van der Waals surface area contributed by atoms with Gasteiger partial charge in [0.05, 0.1) is 45.5 Å². The summed E-state index contributed by atoms with van der Waals surface area (Å²) in [5.41, 5.74) is 0.716. The first-order valence-electron chi connectivity index (χ1n) is 9.35.